The molecule has 0 saturated heterocycles. The zero-order chi connectivity index (χ0) is 15.8. The summed E-state index contributed by atoms with van der Waals surface area (Å²) in [5, 5.41) is 3.33. The highest BCUT2D eigenvalue weighted by atomic mass is 35.5. The molecule has 4 nitrogen and oxygen atoms in total. The van der Waals surface area contributed by atoms with Crippen LogP contribution in [0.5, 0.6) is 11.5 Å². The number of halogens is 1. The maximum absolute atomic E-state index is 11.1. The molecule has 116 valence electrons. The van der Waals surface area contributed by atoms with E-state index in [0.29, 0.717) is 23.8 Å². The molecule has 0 radical (unpaired) electrons. The van der Waals surface area contributed by atoms with Crippen molar-refractivity contribution in [2.24, 2.45) is 0 Å². The van der Waals surface area contributed by atoms with E-state index in [-0.39, 0.29) is 12.6 Å². The van der Waals surface area contributed by atoms with E-state index in [1.54, 1.807) is 19.1 Å². The van der Waals surface area contributed by atoms with E-state index in [4.69, 9.17) is 21.1 Å². The van der Waals surface area contributed by atoms with Crippen LogP contribution in [0.25, 0.3) is 0 Å². The SMILES string of the molecule is CCC(=O)NCOc1ccc(COc2ccc(Cl)cc2)cc1. The number of ether oxygens (including phenoxy) is 2. The van der Waals surface area contributed by atoms with Gasteiger partial charge in [0.2, 0.25) is 5.91 Å². The summed E-state index contributed by atoms with van der Waals surface area (Å²) in [6, 6.07) is 14.8. The molecule has 0 saturated carbocycles. The van der Waals surface area contributed by atoms with Crippen LogP contribution < -0.4 is 14.8 Å². The van der Waals surface area contributed by atoms with E-state index in [1.807, 2.05) is 36.4 Å². The molecule has 5 heteroatoms. The Morgan fingerprint density at radius 3 is 2.23 bits per heavy atom. The largest absolute Gasteiger partial charge is 0.489 e. The third-order valence-electron chi connectivity index (χ3n) is 2.97. The molecule has 0 spiro atoms. The Morgan fingerprint density at radius 2 is 1.59 bits per heavy atom. The number of amides is 1. The van der Waals surface area contributed by atoms with Crippen LogP contribution in [0.3, 0.4) is 0 Å². The van der Waals surface area contributed by atoms with Crippen LogP contribution in [0.15, 0.2) is 48.5 Å². The molecule has 1 amide bonds. The summed E-state index contributed by atoms with van der Waals surface area (Å²) in [7, 11) is 0. The number of carbonyl (C=O) groups excluding carboxylic acids is 1. The number of carbonyl (C=O) groups is 1. The highest BCUT2D eigenvalue weighted by Gasteiger charge is 1.99. The van der Waals surface area contributed by atoms with E-state index >= 15 is 0 Å². The summed E-state index contributed by atoms with van der Waals surface area (Å²) in [4.78, 5) is 11.1. The van der Waals surface area contributed by atoms with Crippen LogP contribution >= 0.6 is 11.6 Å². The third kappa shape index (κ3) is 5.30. The first-order valence-corrected chi connectivity index (χ1v) is 7.42. The molecule has 0 bridgehead atoms. The van der Waals surface area contributed by atoms with Gasteiger partial charge < -0.3 is 14.8 Å². The first-order chi connectivity index (χ1) is 10.7. The average molecular weight is 320 g/mol. The molecule has 2 aromatic carbocycles. The van der Waals surface area contributed by atoms with Gasteiger partial charge in [-0.1, -0.05) is 30.7 Å². The van der Waals surface area contributed by atoms with E-state index in [0.717, 1.165) is 11.3 Å². The van der Waals surface area contributed by atoms with Crippen molar-refractivity contribution in [3.8, 4) is 11.5 Å². The number of hydrogen-bond donors (Lipinski definition) is 1. The minimum Gasteiger partial charge on any atom is -0.489 e. The Morgan fingerprint density at radius 1 is 1.00 bits per heavy atom. The van der Waals surface area contributed by atoms with Crippen LogP contribution in [-0.4, -0.2) is 12.6 Å². The van der Waals surface area contributed by atoms with Gasteiger partial charge in [0.05, 0.1) is 0 Å². The highest BCUT2D eigenvalue weighted by molar-refractivity contribution is 6.30. The maximum atomic E-state index is 11.1. The fourth-order valence-corrected chi connectivity index (χ4v) is 1.83. The second-order valence-corrected chi connectivity index (χ2v) is 5.07. The van der Waals surface area contributed by atoms with Crippen LogP contribution in [0, 0.1) is 0 Å². The first kappa shape index (κ1) is 16.2. The zero-order valence-corrected chi connectivity index (χ0v) is 13.1. The van der Waals surface area contributed by atoms with Crippen molar-refractivity contribution in [3.63, 3.8) is 0 Å². The van der Waals surface area contributed by atoms with Gasteiger partial charge in [0, 0.05) is 11.4 Å². The lowest BCUT2D eigenvalue weighted by Gasteiger charge is -2.09. The number of benzene rings is 2. The number of nitrogens with one attached hydrogen (secondary N) is 1. The fourth-order valence-electron chi connectivity index (χ4n) is 1.70. The number of rotatable bonds is 7. The summed E-state index contributed by atoms with van der Waals surface area (Å²) in [5.74, 6) is 1.44. The van der Waals surface area contributed by atoms with Crippen molar-refractivity contribution in [2.75, 3.05) is 6.73 Å². The summed E-state index contributed by atoms with van der Waals surface area (Å²) in [6.45, 7) is 2.44. The normalized spacial score (nSPS) is 10.1. The Balaban J connectivity index is 1.79. The van der Waals surface area contributed by atoms with Crippen molar-refractivity contribution in [1.29, 1.82) is 0 Å². The summed E-state index contributed by atoms with van der Waals surface area (Å²) in [6.07, 6.45) is 0.449. The molecule has 0 heterocycles. The van der Waals surface area contributed by atoms with E-state index in [1.165, 1.54) is 0 Å². The standard InChI is InChI=1S/C17H18ClNO3/c1-2-17(20)19-12-22-16-7-3-13(4-8-16)11-21-15-9-5-14(18)6-10-15/h3-10H,2,11-12H2,1H3,(H,19,20). The van der Waals surface area contributed by atoms with Crippen molar-refractivity contribution >= 4 is 17.5 Å². The van der Waals surface area contributed by atoms with Gasteiger partial charge >= 0.3 is 0 Å². The van der Waals surface area contributed by atoms with Gasteiger partial charge in [-0.2, -0.15) is 0 Å². The molecule has 0 fully saturated rings. The summed E-state index contributed by atoms with van der Waals surface area (Å²) < 4.78 is 11.1. The minimum absolute atomic E-state index is 0.0343. The van der Waals surface area contributed by atoms with E-state index in [2.05, 4.69) is 5.32 Å². The minimum atomic E-state index is -0.0343. The topological polar surface area (TPSA) is 47.6 Å². The number of hydrogen-bond acceptors (Lipinski definition) is 3. The van der Waals surface area contributed by atoms with Crippen LogP contribution in [0.4, 0.5) is 0 Å². The second-order valence-electron chi connectivity index (χ2n) is 4.63. The van der Waals surface area contributed by atoms with Gasteiger partial charge in [-0.25, -0.2) is 0 Å². The van der Waals surface area contributed by atoms with Crippen LogP contribution in [0.2, 0.25) is 5.02 Å². The Kier molecular flexibility index (Phi) is 6.10. The summed E-state index contributed by atoms with van der Waals surface area (Å²) in [5.41, 5.74) is 1.03. The lowest BCUT2D eigenvalue weighted by atomic mass is 10.2. The Hall–Kier alpha value is -2.20. The molecular weight excluding hydrogens is 302 g/mol. The quantitative estimate of drug-likeness (QED) is 0.790. The third-order valence-corrected chi connectivity index (χ3v) is 3.22. The predicted octanol–water partition coefficient (Wildman–Crippen LogP) is 3.78. The first-order valence-electron chi connectivity index (χ1n) is 7.04. The van der Waals surface area contributed by atoms with Gasteiger partial charge in [-0.05, 0) is 42.0 Å². The molecule has 0 unspecified atom stereocenters. The lowest BCUT2D eigenvalue weighted by molar-refractivity contribution is -0.121. The molecule has 0 atom stereocenters. The lowest BCUT2D eigenvalue weighted by Crippen LogP contribution is -2.26. The smallest absolute Gasteiger partial charge is 0.222 e. The van der Waals surface area contributed by atoms with E-state index < -0.39 is 0 Å². The average Bonchev–Trinajstić information content (AvgIpc) is 2.55. The van der Waals surface area contributed by atoms with Gasteiger partial charge in [0.15, 0.2) is 6.73 Å². The van der Waals surface area contributed by atoms with Crippen LogP contribution in [0.1, 0.15) is 18.9 Å². The molecule has 0 aliphatic carbocycles. The predicted molar refractivity (Wildman–Crippen MR) is 86.2 cm³/mol. The van der Waals surface area contributed by atoms with Gasteiger partial charge in [0.1, 0.15) is 18.1 Å². The highest BCUT2D eigenvalue weighted by Crippen LogP contribution is 2.18. The van der Waals surface area contributed by atoms with Crippen LogP contribution in [-0.2, 0) is 11.4 Å². The fraction of sp³-hybridized carbons (Fsp3) is 0.235. The molecular formula is C17H18ClNO3. The molecule has 0 aromatic heterocycles. The Labute approximate surface area is 135 Å². The molecule has 2 rings (SSSR count). The molecule has 1 N–H and O–H groups in total. The summed E-state index contributed by atoms with van der Waals surface area (Å²) >= 11 is 5.82. The van der Waals surface area contributed by atoms with Crippen molar-refractivity contribution in [3.05, 3.63) is 59.1 Å². The van der Waals surface area contributed by atoms with E-state index in [9.17, 15) is 4.79 Å². The molecule has 0 aliphatic rings. The molecule has 2 aromatic rings. The van der Waals surface area contributed by atoms with Gasteiger partial charge in [-0.3, -0.25) is 4.79 Å². The van der Waals surface area contributed by atoms with Crippen molar-refractivity contribution in [1.82, 2.24) is 5.32 Å². The maximum Gasteiger partial charge on any atom is 0.222 e. The zero-order valence-electron chi connectivity index (χ0n) is 12.3. The molecule has 0 aliphatic heterocycles. The van der Waals surface area contributed by atoms with Crippen molar-refractivity contribution < 1.29 is 14.3 Å². The van der Waals surface area contributed by atoms with Crippen molar-refractivity contribution in [2.45, 2.75) is 20.0 Å². The van der Waals surface area contributed by atoms with Gasteiger partial charge in [0.25, 0.3) is 0 Å². The monoisotopic (exact) mass is 319 g/mol. The van der Waals surface area contributed by atoms with Gasteiger partial charge in [-0.15, -0.1) is 0 Å². The molecule has 22 heavy (non-hydrogen) atoms. The second kappa shape index (κ2) is 8.29. The Bertz CT molecular complexity index is 596.